The number of Topliss-reactive ketones (excluding diaryl/α,β-unsaturated/α-hetero) is 1. The second-order valence-corrected chi connectivity index (χ2v) is 6.57. The van der Waals surface area contributed by atoms with Crippen LogP contribution in [0.25, 0.3) is 0 Å². The van der Waals surface area contributed by atoms with Crippen molar-refractivity contribution in [1.29, 1.82) is 0 Å². The molecule has 2 aromatic rings. The third kappa shape index (κ3) is 5.52. The van der Waals surface area contributed by atoms with E-state index in [1.807, 2.05) is 24.3 Å². The average molecular weight is 373 g/mol. The van der Waals surface area contributed by atoms with Gasteiger partial charge in [0.25, 0.3) is 0 Å². The van der Waals surface area contributed by atoms with Crippen LogP contribution in [0.1, 0.15) is 22.8 Å². The Bertz CT molecular complexity index is 759. The predicted octanol–water partition coefficient (Wildman–Crippen LogP) is 3.82. The molecule has 1 amide bonds. The number of thioether (sulfide) groups is 1. The quantitative estimate of drug-likeness (QED) is 0.677. The molecule has 26 heavy (non-hydrogen) atoms. The Morgan fingerprint density at radius 1 is 0.962 bits per heavy atom. The van der Waals surface area contributed by atoms with Gasteiger partial charge in [-0.2, -0.15) is 0 Å². The number of ketones is 1. The molecule has 0 aromatic heterocycles. The van der Waals surface area contributed by atoms with Gasteiger partial charge in [0, 0.05) is 11.3 Å². The van der Waals surface area contributed by atoms with Crippen LogP contribution in [-0.4, -0.2) is 37.4 Å². The van der Waals surface area contributed by atoms with E-state index in [1.54, 1.807) is 25.3 Å². The molecule has 6 heteroatoms. The number of benzene rings is 2. The second kappa shape index (κ2) is 9.87. The highest BCUT2D eigenvalue weighted by Gasteiger charge is 2.12. The molecule has 1 N–H and O–H groups in total. The molecule has 0 aliphatic rings. The van der Waals surface area contributed by atoms with Crippen molar-refractivity contribution in [2.24, 2.45) is 0 Å². The summed E-state index contributed by atoms with van der Waals surface area (Å²) in [6.07, 6.45) is 0.961. The highest BCUT2D eigenvalue weighted by atomic mass is 32.2. The van der Waals surface area contributed by atoms with Crippen molar-refractivity contribution < 1.29 is 19.1 Å². The number of nitrogens with one attached hydrogen (secondary N) is 1. The lowest BCUT2D eigenvalue weighted by Gasteiger charge is -2.09. The topological polar surface area (TPSA) is 64.6 Å². The first kappa shape index (κ1) is 19.8. The second-order valence-electron chi connectivity index (χ2n) is 5.58. The lowest BCUT2D eigenvalue weighted by atomic mass is 10.1. The molecule has 0 spiro atoms. The third-order valence-corrected chi connectivity index (χ3v) is 4.75. The number of anilines is 1. The molecule has 138 valence electrons. The molecular formula is C20H23NO4S. The fourth-order valence-electron chi connectivity index (χ4n) is 2.35. The summed E-state index contributed by atoms with van der Waals surface area (Å²) in [5.74, 6) is 1.34. The van der Waals surface area contributed by atoms with E-state index in [-0.39, 0.29) is 23.2 Å². The predicted molar refractivity (Wildman–Crippen MR) is 106 cm³/mol. The Morgan fingerprint density at radius 2 is 1.65 bits per heavy atom. The zero-order valence-electron chi connectivity index (χ0n) is 15.2. The standard InChI is InChI=1S/C20H23NO4S/c1-4-14-5-8-16(9-6-14)21-20(23)13-26-12-17(22)15-7-10-18(24-2)19(11-15)25-3/h5-11H,4,12-13H2,1-3H3,(H,21,23). The molecule has 0 bridgehead atoms. The van der Waals surface area contributed by atoms with Crippen LogP contribution >= 0.6 is 11.8 Å². The minimum Gasteiger partial charge on any atom is -0.493 e. The SMILES string of the molecule is CCc1ccc(NC(=O)CSCC(=O)c2ccc(OC)c(OC)c2)cc1. The van der Waals surface area contributed by atoms with Crippen LogP contribution in [0.3, 0.4) is 0 Å². The minimum absolute atomic E-state index is 0.0592. The maximum Gasteiger partial charge on any atom is 0.234 e. The van der Waals surface area contributed by atoms with Crippen LogP contribution in [-0.2, 0) is 11.2 Å². The van der Waals surface area contributed by atoms with Crippen molar-refractivity contribution in [2.75, 3.05) is 31.0 Å². The summed E-state index contributed by atoms with van der Waals surface area (Å²) in [6, 6.07) is 12.8. The van der Waals surface area contributed by atoms with Gasteiger partial charge in [0.1, 0.15) is 0 Å². The largest absolute Gasteiger partial charge is 0.493 e. The zero-order valence-corrected chi connectivity index (χ0v) is 16.0. The summed E-state index contributed by atoms with van der Waals surface area (Å²) in [4.78, 5) is 24.3. The van der Waals surface area contributed by atoms with Crippen LogP contribution < -0.4 is 14.8 Å². The number of carbonyl (C=O) groups is 2. The summed E-state index contributed by atoms with van der Waals surface area (Å²) in [6.45, 7) is 2.08. The number of hydrogen-bond donors (Lipinski definition) is 1. The van der Waals surface area contributed by atoms with E-state index in [9.17, 15) is 9.59 Å². The Labute approximate surface area is 158 Å². The van der Waals surface area contributed by atoms with Crippen LogP contribution in [0.15, 0.2) is 42.5 Å². The van der Waals surface area contributed by atoms with Gasteiger partial charge in [-0.15, -0.1) is 11.8 Å². The van der Waals surface area contributed by atoms with E-state index >= 15 is 0 Å². The van der Waals surface area contributed by atoms with Gasteiger partial charge in [0.15, 0.2) is 17.3 Å². The van der Waals surface area contributed by atoms with Crippen LogP contribution in [0.2, 0.25) is 0 Å². The maximum atomic E-state index is 12.3. The number of aryl methyl sites for hydroxylation is 1. The molecule has 0 aliphatic heterocycles. The van der Waals surface area contributed by atoms with Crippen molar-refractivity contribution in [2.45, 2.75) is 13.3 Å². The van der Waals surface area contributed by atoms with Gasteiger partial charge in [0.2, 0.25) is 5.91 Å². The monoisotopic (exact) mass is 373 g/mol. The molecule has 0 aliphatic carbocycles. The van der Waals surface area contributed by atoms with Gasteiger partial charge in [-0.1, -0.05) is 19.1 Å². The molecule has 0 radical (unpaired) electrons. The Hall–Kier alpha value is -2.47. The normalized spacial score (nSPS) is 10.3. The number of rotatable bonds is 9. The first-order chi connectivity index (χ1) is 12.6. The molecule has 0 unspecified atom stereocenters. The van der Waals surface area contributed by atoms with Gasteiger partial charge in [-0.25, -0.2) is 0 Å². The lowest BCUT2D eigenvalue weighted by molar-refractivity contribution is -0.113. The van der Waals surface area contributed by atoms with Crippen LogP contribution in [0.4, 0.5) is 5.69 Å². The van der Waals surface area contributed by atoms with Crippen molar-refractivity contribution in [3.05, 3.63) is 53.6 Å². The molecule has 5 nitrogen and oxygen atoms in total. The Balaban J connectivity index is 1.82. The van der Waals surface area contributed by atoms with Gasteiger partial charge < -0.3 is 14.8 Å². The summed E-state index contributed by atoms with van der Waals surface area (Å²) in [5.41, 5.74) is 2.52. The highest BCUT2D eigenvalue weighted by molar-refractivity contribution is 8.00. The van der Waals surface area contributed by atoms with E-state index in [4.69, 9.17) is 9.47 Å². The zero-order chi connectivity index (χ0) is 18.9. The molecule has 2 aromatic carbocycles. The van der Waals surface area contributed by atoms with Crippen molar-refractivity contribution >= 4 is 29.1 Å². The summed E-state index contributed by atoms with van der Waals surface area (Å²) in [7, 11) is 3.07. The van der Waals surface area contributed by atoms with Gasteiger partial charge >= 0.3 is 0 Å². The first-order valence-corrected chi connectivity index (χ1v) is 9.44. The van der Waals surface area contributed by atoms with E-state index in [0.29, 0.717) is 17.1 Å². The molecule has 0 fully saturated rings. The van der Waals surface area contributed by atoms with E-state index in [0.717, 1.165) is 12.1 Å². The number of amides is 1. The fourth-order valence-corrected chi connectivity index (χ4v) is 3.06. The van der Waals surface area contributed by atoms with Crippen molar-refractivity contribution in [3.63, 3.8) is 0 Å². The van der Waals surface area contributed by atoms with Crippen LogP contribution in [0, 0.1) is 0 Å². The highest BCUT2D eigenvalue weighted by Crippen LogP contribution is 2.28. The van der Waals surface area contributed by atoms with Crippen LogP contribution in [0.5, 0.6) is 11.5 Å². The average Bonchev–Trinajstić information content (AvgIpc) is 2.67. The number of ether oxygens (including phenoxy) is 2. The van der Waals surface area contributed by atoms with E-state index in [2.05, 4.69) is 12.2 Å². The smallest absolute Gasteiger partial charge is 0.234 e. The van der Waals surface area contributed by atoms with E-state index < -0.39 is 0 Å². The summed E-state index contributed by atoms with van der Waals surface area (Å²) in [5, 5.41) is 2.83. The van der Waals surface area contributed by atoms with Crippen molar-refractivity contribution in [1.82, 2.24) is 0 Å². The molecular weight excluding hydrogens is 350 g/mol. The maximum absolute atomic E-state index is 12.3. The molecule has 2 rings (SSSR count). The third-order valence-electron chi connectivity index (χ3n) is 3.82. The fraction of sp³-hybridized carbons (Fsp3) is 0.300. The Morgan fingerprint density at radius 3 is 2.27 bits per heavy atom. The first-order valence-electron chi connectivity index (χ1n) is 8.29. The van der Waals surface area contributed by atoms with Crippen molar-refractivity contribution in [3.8, 4) is 11.5 Å². The lowest BCUT2D eigenvalue weighted by Crippen LogP contribution is -2.15. The molecule has 0 heterocycles. The van der Waals surface area contributed by atoms with E-state index in [1.165, 1.54) is 24.4 Å². The van der Waals surface area contributed by atoms with Gasteiger partial charge in [0.05, 0.1) is 25.7 Å². The number of methoxy groups -OCH3 is 2. The molecule has 0 atom stereocenters. The summed E-state index contributed by atoms with van der Waals surface area (Å²) < 4.78 is 10.4. The molecule has 0 saturated carbocycles. The molecule has 0 saturated heterocycles. The number of carbonyl (C=O) groups excluding carboxylic acids is 2. The number of hydrogen-bond acceptors (Lipinski definition) is 5. The Kier molecular flexibility index (Phi) is 7.53. The summed E-state index contributed by atoms with van der Waals surface area (Å²) >= 11 is 1.28. The van der Waals surface area contributed by atoms with Gasteiger partial charge in [-0.3, -0.25) is 9.59 Å². The minimum atomic E-state index is -0.126. The van der Waals surface area contributed by atoms with Gasteiger partial charge in [-0.05, 0) is 42.3 Å².